The Hall–Kier alpha value is -5.22. The van der Waals surface area contributed by atoms with Crippen LogP contribution >= 0.6 is 0 Å². The number of pyridine rings is 1. The number of piperidine rings is 1. The molecule has 10 heteroatoms. The smallest absolute Gasteiger partial charge is 0.410 e. The second-order valence-electron chi connectivity index (χ2n) is 15.0. The molecule has 0 unspecified atom stereocenters. The van der Waals surface area contributed by atoms with Gasteiger partial charge in [0.2, 0.25) is 11.8 Å². The van der Waals surface area contributed by atoms with Crippen LogP contribution in [-0.2, 0) is 25.0 Å². The summed E-state index contributed by atoms with van der Waals surface area (Å²) in [4.78, 5) is 21.1. The molecule has 0 radical (unpaired) electrons. The molecule has 2 aromatic heterocycles. The van der Waals surface area contributed by atoms with E-state index in [4.69, 9.17) is 24.3 Å². The van der Waals surface area contributed by atoms with Crippen molar-refractivity contribution in [1.29, 1.82) is 0 Å². The summed E-state index contributed by atoms with van der Waals surface area (Å²) in [5, 5.41) is 5.97. The number of aryl methyl sites for hydroxylation is 1. The lowest BCUT2D eigenvalue weighted by molar-refractivity contribution is 0.00200. The van der Waals surface area contributed by atoms with Crippen molar-refractivity contribution in [2.75, 3.05) is 32.7 Å². The van der Waals surface area contributed by atoms with Gasteiger partial charge < -0.3 is 19.1 Å². The van der Waals surface area contributed by atoms with Crippen molar-refractivity contribution in [1.82, 2.24) is 24.6 Å². The van der Waals surface area contributed by atoms with Gasteiger partial charge in [-0.05, 0) is 74.1 Å². The van der Waals surface area contributed by atoms with Crippen LogP contribution < -0.4 is 9.47 Å². The number of ether oxygens (including phenoxy) is 3. The van der Waals surface area contributed by atoms with Crippen LogP contribution in [0.2, 0.25) is 0 Å². The van der Waals surface area contributed by atoms with Crippen LogP contribution in [-0.4, -0.2) is 75.2 Å². The molecule has 1 saturated heterocycles. The Morgan fingerprint density at radius 2 is 1.62 bits per heavy atom. The van der Waals surface area contributed by atoms with Crippen molar-refractivity contribution in [3.05, 3.63) is 114 Å². The van der Waals surface area contributed by atoms with E-state index in [-0.39, 0.29) is 12.5 Å². The lowest BCUT2D eigenvalue weighted by Gasteiger charge is -2.38. The molecule has 1 fully saturated rings. The van der Waals surface area contributed by atoms with Gasteiger partial charge in [0.1, 0.15) is 30.7 Å². The average Bonchev–Trinajstić information content (AvgIpc) is 3.49. The van der Waals surface area contributed by atoms with Gasteiger partial charge in [0, 0.05) is 50.6 Å². The van der Waals surface area contributed by atoms with E-state index in [1.807, 2.05) is 105 Å². The normalized spacial score (nSPS) is 18.1. The van der Waals surface area contributed by atoms with Gasteiger partial charge in [-0.1, -0.05) is 72.8 Å². The first-order chi connectivity index (χ1) is 25.6. The number of aromatic nitrogens is 3. The highest BCUT2D eigenvalue weighted by Gasteiger charge is 2.34. The largest absolute Gasteiger partial charge is 0.473 e. The summed E-state index contributed by atoms with van der Waals surface area (Å²) >= 11 is 0. The number of alkyl halides is 1. The fourth-order valence-corrected chi connectivity index (χ4v) is 7.03. The Balaban J connectivity index is 1.05. The molecule has 0 aliphatic carbocycles. The Labute approximate surface area is 311 Å². The van der Waals surface area contributed by atoms with Crippen molar-refractivity contribution < 1.29 is 23.4 Å². The van der Waals surface area contributed by atoms with E-state index in [1.165, 1.54) is 10.5 Å². The predicted molar refractivity (Wildman–Crippen MR) is 205 cm³/mol. The van der Waals surface area contributed by atoms with Gasteiger partial charge in [0.05, 0.1) is 17.6 Å². The number of hydrogen-bond donors (Lipinski definition) is 0. The van der Waals surface area contributed by atoms with Crippen LogP contribution in [0.5, 0.6) is 11.8 Å². The van der Waals surface area contributed by atoms with Crippen molar-refractivity contribution >= 4 is 22.6 Å². The van der Waals surface area contributed by atoms with Gasteiger partial charge in [-0.2, -0.15) is 10.1 Å². The average molecular weight is 718 g/mol. The van der Waals surface area contributed by atoms with E-state index in [2.05, 4.69) is 29.2 Å². The molecule has 53 heavy (non-hydrogen) atoms. The van der Waals surface area contributed by atoms with Crippen LogP contribution in [0, 0.1) is 5.92 Å². The third-order valence-electron chi connectivity index (χ3n) is 9.87. The molecule has 5 aromatic rings. The molecule has 0 saturated carbocycles. The second kappa shape index (κ2) is 15.8. The standard InChI is InChI=1S/C43H48FN5O4/c1-43(2,3)53-42(50)49-24-21-34(37(44)27-49)26-48-22-19-32(20-23-48)33-15-16-35-38(25-33)47(4)46-40(35)36-17-18-39(51-28-30-11-7-5-8-12-30)45-41(36)52-29-31-13-9-6-10-14-31/h5-19,25,34,37H,20-24,26-29H2,1-4H3/t34-,37-/m1/s1. The molecule has 1 amide bonds. The Kier molecular flexibility index (Phi) is 10.8. The van der Waals surface area contributed by atoms with Crippen LogP contribution in [0.15, 0.2) is 97.1 Å². The number of benzene rings is 3. The molecule has 4 heterocycles. The quantitative estimate of drug-likeness (QED) is 0.143. The Morgan fingerprint density at radius 1 is 0.906 bits per heavy atom. The number of carbonyl (C=O) groups excluding carboxylic acids is 1. The van der Waals surface area contributed by atoms with Gasteiger partial charge >= 0.3 is 6.09 Å². The number of hydrogen-bond acceptors (Lipinski definition) is 7. The molecule has 7 rings (SSSR count). The first kappa shape index (κ1) is 36.2. The topological polar surface area (TPSA) is 82.0 Å². The van der Waals surface area contributed by atoms with Gasteiger partial charge in [0.15, 0.2) is 0 Å². The lowest BCUT2D eigenvalue weighted by atomic mass is 9.93. The fourth-order valence-electron chi connectivity index (χ4n) is 7.03. The van der Waals surface area contributed by atoms with Crippen molar-refractivity contribution in [2.45, 2.75) is 58.6 Å². The highest BCUT2D eigenvalue weighted by atomic mass is 19.1. The second-order valence-corrected chi connectivity index (χ2v) is 15.0. The number of likely N-dealkylation sites (tertiary alicyclic amines) is 1. The van der Waals surface area contributed by atoms with E-state index >= 15 is 4.39 Å². The molecule has 2 atom stereocenters. The SMILES string of the molecule is Cn1nc(-c2ccc(OCc3ccccc3)nc2OCc2ccccc2)c2ccc(C3=CCN(C[C@H]4CCN(C(=O)OC(C)(C)C)C[C@H]4F)CC3)cc21. The maximum Gasteiger partial charge on any atom is 0.410 e. The number of nitrogens with zero attached hydrogens (tertiary/aromatic N) is 5. The molecule has 0 N–H and O–H groups in total. The molecular formula is C43H48FN5O4. The minimum absolute atomic E-state index is 0.0874. The summed E-state index contributed by atoms with van der Waals surface area (Å²) in [7, 11) is 1.96. The minimum atomic E-state index is -1.07. The molecule has 0 spiro atoms. The summed E-state index contributed by atoms with van der Waals surface area (Å²) in [6.45, 7) is 9.15. The number of halogens is 1. The van der Waals surface area contributed by atoms with Crippen LogP contribution in [0.3, 0.4) is 0 Å². The highest BCUT2D eigenvalue weighted by molar-refractivity contribution is 5.96. The van der Waals surface area contributed by atoms with E-state index in [0.29, 0.717) is 44.5 Å². The summed E-state index contributed by atoms with van der Waals surface area (Å²) in [5.74, 6) is 0.841. The highest BCUT2D eigenvalue weighted by Crippen LogP contribution is 2.37. The summed E-state index contributed by atoms with van der Waals surface area (Å²) in [5.41, 5.74) is 6.53. The molecule has 276 valence electrons. The van der Waals surface area contributed by atoms with Crippen LogP contribution in [0.4, 0.5) is 9.18 Å². The summed E-state index contributed by atoms with van der Waals surface area (Å²) < 4.78 is 35.0. The van der Waals surface area contributed by atoms with Crippen molar-refractivity contribution in [2.24, 2.45) is 13.0 Å². The molecule has 2 aliphatic heterocycles. The number of amides is 1. The zero-order valence-electron chi connectivity index (χ0n) is 31.0. The van der Waals surface area contributed by atoms with Gasteiger partial charge in [-0.25, -0.2) is 9.18 Å². The maximum absolute atomic E-state index is 15.2. The van der Waals surface area contributed by atoms with Gasteiger partial charge in [-0.3, -0.25) is 9.58 Å². The third kappa shape index (κ3) is 8.88. The zero-order valence-corrected chi connectivity index (χ0v) is 31.0. The molecule has 3 aromatic carbocycles. The number of rotatable bonds is 10. The predicted octanol–water partition coefficient (Wildman–Crippen LogP) is 8.48. The summed E-state index contributed by atoms with van der Waals surface area (Å²) in [6, 6.07) is 30.4. The first-order valence-corrected chi connectivity index (χ1v) is 18.4. The van der Waals surface area contributed by atoms with Gasteiger partial charge in [-0.15, -0.1) is 0 Å². The Bertz CT molecular complexity index is 2060. The number of carbonyl (C=O) groups is 1. The van der Waals surface area contributed by atoms with Crippen molar-refractivity contribution in [3.8, 4) is 23.0 Å². The molecule has 9 nitrogen and oxygen atoms in total. The molecule has 2 aliphatic rings. The van der Waals surface area contributed by atoms with E-state index in [1.54, 1.807) is 0 Å². The molecule has 0 bridgehead atoms. The van der Waals surface area contributed by atoms with Crippen LogP contribution in [0.1, 0.15) is 50.3 Å². The zero-order chi connectivity index (χ0) is 37.0. The van der Waals surface area contributed by atoms with Crippen LogP contribution in [0.25, 0.3) is 27.7 Å². The fraction of sp³-hybridized carbons (Fsp3) is 0.372. The van der Waals surface area contributed by atoms with Crippen molar-refractivity contribution in [3.63, 3.8) is 0 Å². The number of fused-ring (bicyclic) bond motifs is 1. The first-order valence-electron chi connectivity index (χ1n) is 18.4. The Morgan fingerprint density at radius 3 is 2.28 bits per heavy atom. The minimum Gasteiger partial charge on any atom is -0.473 e. The van der Waals surface area contributed by atoms with E-state index in [0.717, 1.165) is 58.4 Å². The monoisotopic (exact) mass is 717 g/mol. The van der Waals surface area contributed by atoms with E-state index in [9.17, 15) is 4.79 Å². The molecular weight excluding hydrogens is 670 g/mol. The van der Waals surface area contributed by atoms with Gasteiger partial charge in [0.25, 0.3) is 0 Å². The van der Waals surface area contributed by atoms with E-state index < -0.39 is 17.9 Å². The maximum atomic E-state index is 15.2. The lowest BCUT2D eigenvalue weighted by Crippen LogP contribution is -2.49. The third-order valence-corrected chi connectivity index (χ3v) is 9.87. The summed E-state index contributed by atoms with van der Waals surface area (Å²) in [6.07, 6.45) is 2.26.